The predicted octanol–water partition coefficient (Wildman–Crippen LogP) is 1.01. The van der Waals surface area contributed by atoms with Crippen LogP contribution in [0.15, 0.2) is 0 Å². The van der Waals surface area contributed by atoms with Crippen LogP contribution in [0.25, 0.3) is 0 Å². The first-order valence-corrected chi connectivity index (χ1v) is 4.29. The average Bonchev–Trinajstić information content (AvgIpc) is 1.89. The predicted molar refractivity (Wildman–Crippen MR) is 43.2 cm³/mol. The molecule has 0 spiro atoms. The number of alkyl halides is 1. The molecular weight excluding hydrogens is 182 g/mol. The molecule has 56 valence electrons. The molecule has 0 aromatic carbocycles. The van der Waals surface area contributed by atoms with Crippen molar-refractivity contribution >= 4 is 15.9 Å². The largest absolute Gasteiger partial charge is 0.385 e. The van der Waals surface area contributed by atoms with Crippen molar-refractivity contribution in [3.63, 3.8) is 0 Å². The van der Waals surface area contributed by atoms with E-state index in [0.29, 0.717) is 0 Å². The maximum atomic E-state index is 4.87. The van der Waals surface area contributed by atoms with Gasteiger partial charge in [0.2, 0.25) is 0 Å². The van der Waals surface area contributed by atoms with E-state index in [4.69, 9.17) is 4.74 Å². The Hall–Kier alpha value is 0.400. The molecule has 0 atom stereocenters. The van der Waals surface area contributed by atoms with E-state index < -0.39 is 0 Å². The zero-order chi connectivity index (χ0) is 6.95. The van der Waals surface area contributed by atoms with Crippen molar-refractivity contribution in [3.05, 3.63) is 0 Å². The van der Waals surface area contributed by atoms with Crippen molar-refractivity contribution in [2.75, 3.05) is 32.1 Å². The van der Waals surface area contributed by atoms with Gasteiger partial charge in [0, 0.05) is 25.6 Å². The molecule has 3 heteroatoms. The highest BCUT2D eigenvalue weighted by molar-refractivity contribution is 9.09. The molecule has 0 rings (SSSR count). The van der Waals surface area contributed by atoms with E-state index in [9.17, 15) is 0 Å². The standard InChI is InChI=1S/C6H14BrNO/c1-9-6-2-4-8-5-3-7/h8H,2-6H2,1H3. The van der Waals surface area contributed by atoms with Crippen LogP contribution in [0.1, 0.15) is 6.42 Å². The molecule has 2 nitrogen and oxygen atoms in total. The molecule has 9 heavy (non-hydrogen) atoms. The molecule has 0 aromatic rings. The Balaban J connectivity index is 2.60. The molecule has 0 unspecified atom stereocenters. The van der Waals surface area contributed by atoms with Crippen LogP contribution in [-0.4, -0.2) is 32.1 Å². The normalized spacial score (nSPS) is 10.0. The molecule has 0 aliphatic rings. The number of methoxy groups -OCH3 is 1. The first-order valence-electron chi connectivity index (χ1n) is 3.17. The Kier molecular flexibility index (Phi) is 8.77. The molecule has 0 radical (unpaired) electrons. The van der Waals surface area contributed by atoms with Gasteiger partial charge in [-0.2, -0.15) is 0 Å². The smallest absolute Gasteiger partial charge is 0.0474 e. The number of rotatable bonds is 6. The summed E-state index contributed by atoms with van der Waals surface area (Å²) in [6.45, 7) is 2.96. The van der Waals surface area contributed by atoms with Crippen LogP contribution in [-0.2, 0) is 4.74 Å². The third-order valence-corrected chi connectivity index (χ3v) is 1.37. The lowest BCUT2D eigenvalue weighted by molar-refractivity contribution is 0.194. The molecule has 0 fully saturated rings. The number of ether oxygens (including phenoxy) is 1. The Bertz CT molecular complexity index is 46.3. The molecule has 0 aromatic heterocycles. The zero-order valence-corrected chi connectivity index (χ0v) is 7.41. The Morgan fingerprint density at radius 2 is 2.22 bits per heavy atom. The third kappa shape index (κ3) is 8.40. The first kappa shape index (κ1) is 9.40. The van der Waals surface area contributed by atoms with Crippen LogP contribution in [0.5, 0.6) is 0 Å². The van der Waals surface area contributed by atoms with Gasteiger partial charge in [0.25, 0.3) is 0 Å². The van der Waals surface area contributed by atoms with E-state index in [1.807, 2.05) is 0 Å². The first-order chi connectivity index (χ1) is 4.41. The van der Waals surface area contributed by atoms with E-state index in [1.165, 1.54) is 0 Å². The molecule has 0 saturated carbocycles. The highest BCUT2D eigenvalue weighted by Gasteiger charge is 1.84. The number of halogens is 1. The summed E-state index contributed by atoms with van der Waals surface area (Å²) in [6, 6.07) is 0. The summed E-state index contributed by atoms with van der Waals surface area (Å²) in [5, 5.41) is 4.27. The van der Waals surface area contributed by atoms with Crippen LogP contribution in [0.2, 0.25) is 0 Å². The molecule has 0 saturated heterocycles. The minimum atomic E-state index is 0.856. The minimum absolute atomic E-state index is 0.856. The second-order valence-electron chi connectivity index (χ2n) is 1.79. The van der Waals surface area contributed by atoms with E-state index in [-0.39, 0.29) is 0 Å². The van der Waals surface area contributed by atoms with Gasteiger partial charge < -0.3 is 10.1 Å². The van der Waals surface area contributed by atoms with Crippen LogP contribution in [0.3, 0.4) is 0 Å². The summed E-state index contributed by atoms with van der Waals surface area (Å²) < 4.78 is 4.87. The molecule has 0 bridgehead atoms. The highest BCUT2D eigenvalue weighted by Crippen LogP contribution is 1.78. The van der Waals surface area contributed by atoms with Gasteiger partial charge in [-0.1, -0.05) is 15.9 Å². The fourth-order valence-corrected chi connectivity index (χ4v) is 0.814. The van der Waals surface area contributed by atoms with Crippen molar-refractivity contribution < 1.29 is 4.74 Å². The maximum Gasteiger partial charge on any atom is 0.0474 e. The van der Waals surface area contributed by atoms with E-state index in [2.05, 4.69) is 21.2 Å². The Labute approximate surface area is 65.1 Å². The van der Waals surface area contributed by atoms with Gasteiger partial charge in [-0.15, -0.1) is 0 Å². The van der Waals surface area contributed by atoms with E-state index in [1.54, 1.807) is 7.11 Å². The fourth-order valence-electron chi connectivity index (χ4n) is 0.533. The zero-order valence-electron chi connectivity index (χ0n) is 5.82. The van der Waals surface area contributed by atoms with Crippen LogP contribution in [0.4, 0.5) is 0 Å². The van der Waals surface area contributed by atoms with Gasteiger partial charge >= 0.3 is 0 Å². The van der Waals surface area contributed by atoms with E-state index >= 15 is 0 Å². The summed E-state index contributed by atoms with van der Waals surface area (Å²) in [5.74, 6) is 0. The van der Waals surface area contributed by atoms with Crippen molar-refractivity contribution in [3.8, 4) is 0 Å². The topological polar surface area (TPSA) is 21.3 Å². The lowest BCUT2D eigenvalue weighted by Gasteiger charge is -1.99. The molecule has 1 N–H and O–H groups in total. The summed E-state index contributed by atoms with van der Waals surface area (Å²) in [6.07, 6.45) is 1.10. The molecule has 0 aliphatic carbocycles. The van der Waals surface area contributed by atoms with Gasteiger partial charge in [-0.3, -0.25) is 0 Å². The van der Waals surface area contributed by atoms with Gasteiger partial charge in [0.1, 0.15) is 0 Å². The molecule has 0 amide bonds. The Morgan fingerprint density at radius 1 is 1.44 bits per heavy atom. The third-order valence-electron chi connectivity index (χ3n) is 0.973. The van der Waals surface area contributed by atoms with Gasteiger partial charge in [-0.05, 0) is 13.0 Å². The summed E-state index contributed by atoms with van der Waals surface area (Å²) in [5.41, 5.74) is 0. The van der Waals surface area contributed by atoms with Crippen LogP contribution < -0.4 is 5.32 Å². The summed E-state index contributed by atoms with van der Waals surface area (Å²) >= 11 is 3.32. The number of hydrogen-bond donors (Lipinski definition) is 1. The van der Waals surface area contributed by atoms with Crippen LogP contribution in [0, 0.1) is 0 Å². The lowest BCUT2D eigenvalue weighted by Crippen LogP contribution is -2.18. The van der Waals surface area contributed by atoms with Crippen molar-refractivity contribution in [1.82, 2.24) is 5.32 Å². The number of nitrogens with one attached hydrogen (secondary N) is 1. The quantitative estimate of drug-likeness (QED) is 0.505. The SMILES string of the molecule is COCCCNCCBr. The summed E-state index contributed by atoms with van der Waals surface area (Å²) in [7, 11) is 1.73. The molecular formula is C6H14BrNO. The number of hydrogen-bond acceptors (Lipinski definition) is 2. The van der Waals surface area contributed by atoms with Crippen molar-refractivity contribution in [2.24, 2.45) is 0 Å². The van der Waals surface area contributed by atoms with Gasteiger partial charge in [0.15, 0.2) is 0 Å². The van der Waals surface area contributed by atoms with Crippen molar-refractivity contribution in [2.45, 2.75) is 6.42 Å². The monoisotopic (exact) mass is 195 g/mol. The fraction of sp³-hybridized carbons (Fsp3) is 1.00. The molecule has 0 heterocycles. The van der Waals surface area contributed by atoms with Gasteiger partial charge in [-0.25, -0.2) is 0 Å². The van der Waals surface area contributed by atoms with Gasteiger partial charge in [0.05, 0.1) is 0 Å². The van der Waals surface area contributed by atoms with Crippen LogP contribution >= 0.6 is 15.9 Å². The Morgan fingerprint density at radius 3 is 2.78 bits per heavy atom. The molecule has 0 aliphatic heterocycles. The highest BCUT2D eigenvalue weighted by atomic mass is 79.9. The van der Waals surface area contributed by atoms with E-state index in [0.717, 1.165) is 31.4 Å². The maximum absolute atomic E-state index is 4.87. The lowest BCUT2D eigenvalue weighted by atomic mass is 10.4. The summed E-state index contributed by atoms with van der Waals surface area (Å²) in [4.78, 5) is 0. The minimum Gasteiger partial charge on any atom is -0.385 e. The van der Waals surface area contributed by atoms with Crippen molar-refractivity contribution in [1.29, 1.82) is 0 Å². The second-order valence-corrected chi connectivity index (χ2v) is 2.58. The second kappa shape index (κ2) is 8.40. The average molecular weight is 196 g/mol.